The Morgan fingerprint density at radius 3 is 2.55 bits per heavy atom. The second-order valence-corrected chi connectivity index (χ2v) is 5.45. The minimum absolute atomic E-state index is 0.0779. The molecule has 0 radical (unpaired) electrons. The number of nitrogens with one attached hydrogen (secondary N) is 1. The fraction of sp³-hybridized carbons (Fsp3) is 0.353. The lowest BCUT2D eigenvalue weighted by atomic mass is 10.1. The molecule has 1 heterocycles. The highest BCUT2D eigenvalue weighted by atomic mass is 19.1. The molecule has 0 aliphatic rings. The van der Waals surface area contributed by atoms with Crippen molar-refractivity contribution in [2.45, 2.75) is 32.5 Å². The largest absolute Gasteiger partial charge is 0.468 e. The van der Waals surface area contributed by atoms with Gasteiger partial charge in [-0.05, 0) is 50.7 Å². The van der Waals surface area contributed by atoms with Gasteiger partial charge in [0.05, 0.1) is 24.9 Å². The smallest absolute Gasteiger partial charge is 0.237 e. The van der Waals surface area contributed by atoms with E-state index in [0.717, 1.165) is 11.3 Å². The van der Waals surface area contributed by atoms with Crippen molar-refractivity contribution in [3.8, 4) is 0 Å². The summed E-state index contributed by atoms with van der Waals surface area (Å²) in [5.41, 5.74) is 0.871. The second-order valence-electron chi connectivity index (χ2n) is 5.45. The molecule has 22 heavy (non-hydrogen) atoms. The van der Waals surface area contributed by atoms with E-state index in [2.05, 4.69) is 5.32 Å². The van der Waals surface area contributed by atoms with Crippen molar-refractivity contribution in [2.24, 2.45) is 0 Å². The first-order valence-electron chi connectivity index (χ1n) is 7.26. The van der Waals surface area contributed by atoms with Gasteiger partial charge in [0.15, 0.2) is 0 Å². The highest BCUT2D eigenvalue weighted by Crippen LogP contribution is 2.14. The molecule has 0 bridgehead atoms. The van der Waals surface area contributed by atoms with Crippen LogP contribution in [0.15, 0.2) is 47.1 Å². The summed E-state index contributed by atoms with van der Waals surface area (Å²) in [7, 11) is 1.87. The minimum atomic E-state index is -0.298. The third kappa shape index (κ3) is 4.18. The van der Waals surface area contributed by atoms with Crippen LogP contribution in [0.1, 0.15) is 31.2 Å². The molecule has 1 aromatic heterocycles. The predicted molar refractivity (Wildman–Crippen MR) is 82.6 cm³/mol. The summed E-state index contributed by atoms with van der Waals surface area (Å²) in [5, 5.41) is 2.94. The van der Waals surface area contributed by atoms with Crippen LogP contribution in [-0.2, 0) is 11.3 Å². The van der Waals surface area contributed by atoms with Gasteiger partial charge in [0, 0.05) is 0 Å². The van der Waals surface area contributed by atoms with Crippen LogP contribution in [0, 0.1) is 5.82 Å². The highest BCUT2D eigenvalue weighted by molar-refractivity contribution is 5.81. The van der Waals surface area contributed by atoms with Crippen molar-refractivity contribution >= 4 is 5.91 Å². The summed E-state index contributed by atoms with van der Waals surface area (Å²) >= 11 is 0. The molecule has 2 rings (SSSR count). The Bertz CT molecular complexity index is 596. The number of halogens is 1. The van der Waals surface area contributed by atoms with Crippen molar-refractivity contribution in [1.82, 2.24) is 10.2 Å². The first-order chi connectivity index (χ1) is 10.5. The number of carbonyl (C=O) groups is 1. The molecule has 1 amide bonds. The van der Waals surface area contributed by atoms with Gasteiger partial charge in [-0.15, -0.1) is 0 Å². The molecule has 1 N–H and O–H groups in total. The number of hydrogen-bond donors (Lipinski definition) is 1. The first kappa shape index (κ1) is 16.2. The van der Waals surface area contributed by atoms with Crippen LogP contribution >= 0.6 is 0 Å². The van der Waals surface area contributed by atoms with Crippen molar-refractivity contribution in [1.29, 1.82) is 0 Å². The maximum absolute atomic E-state index is 12.9. The molecular formula is C17H21FN2O2. The van der Waals surface area contributed by atoms with E-state index in [0.29, 0.717) is 6.54 Å². The van der Waals surface area contributed by atoms with Gasteiger partial charge in [-0.1, -0.05) is 12.1 Å². The van der Waals surface area contributed by atoms with Crippen molar-refractivity contribution in [3.05, 3.63) is 59.8 Å². The molecule has 0 spiro atoms. The van der Waals surface area contributed by atoms with Crippen LogP contribution < -0.4 is 5.32 Å². The SMILES string of the molecule is CC(NC(=O)C(C)N(C)Cc1ccco1)c1ccc(F)cc1. The Labute approximate surface area is 129 Å². The molecule has 0 aliphatic carbocycles. The van der Waals surface area contributed by atoms with Crippen LogP contribution in [0.25, 0.3) is 0 Å². The molecular weight excluding hydrogens is 283 g/mol. The fourth-order valence-corrected chi connectivity index (χ4v) is 2.15. The maximum atomic E-state index is 12.9. The standard InChI is InChI=1S/C17H21FN2O2/c1-12(14-6-8-15(18)9-7-14)19-17(21)13(2)20(3)11-16-5-4-10-22-16/h4-10,12-13H,11H2,1-3H3,(H,19,21). The monoisotopic (exact) mass is 304 g/mol. The summed E-state index contributed by atoms with van der Waals surface area (Å²) in [4.78, 5) is 14.2. The summed E-state index contributed by atoms with van der Waals surface area (Å²) in [6.45, 7) is 4.28. The van der Waals surface area contributed by atoms with E-state index in [9.17, 15) is 9.18 Å². The molecule has 4 nitrogen and oxygen atoms in total. The van der Waals surface area contributed by atoms with E-state index in [1.807, 2.05) is 37.9 Å². The van der Waals surface area contributed by atoms with Gasteiger partial charge >= 0.3 is 0 Å². The van der Waals surface area contributed by atoms with Crippen molar-refractivity contribution in [2.75, 3.05) is 7.05 Å². The lowest BCUT2D eigenvalue weighted by Crippen LogP contribution is -2.43. The normalized spacial score (nSPS) is 13.9. The molecule has 2 aromatic rings. The Morgan fingerprint density at radius 1 is 1.27 bits per heavy atom. The van der Waals surface area contributed by atoms with Crippen LogP contribution in [0.5, 0.6) is 0 Å². The van der Waals surface area contributed by atoms with Gasteiger partial charge < -0.3 is 9.73 Å². The predicted octanol–water partition coefficient (Wildman–Crippen LogP) is 3.12. The zero-order valence-electron chi connectivity index (χ0n) is 13.0. The summed E-state index contributed by atoms with van der Waals surface area (Å²) in [6, 6.07) is 9.37. The molecule has 118 valence electrons. The lowest BCUT2D eigenvalue weighted by molar-refractivity contribution is -0.126. The number of likely N-dealkylation sites (N-methyl/N-ethyl adjacent to an activating group) is 1. The van der Waals surface area contributed by atoms with Gasteiger partial charge in [-0.3, -0.25) is 9.69 Å². The van der Waals surface area contributed by atoms with Gasteiger partial charge in [0.1, 0.15) is 11.6 Å². The number of hydrogen-bond acceptors (Lipinski definition) is 3. The number of benzene rings is 1. The molecule has 2 unspecified atom stereocenters. The highest BCUT2D eigenvalue weighted by Gasteiger charge is 2.20. The van der Waals surface area contributed by atoms with Crippen LogP contribution in [0.3, 0.4) is 0 Å². The van der Waals surface area contributed by atoms with Crippen molar-refractivity contribution in [3.63, 3.8) is 0 Å². The molecule has 0 saturated heterocycles. The van der Waals surface area contributed by atoms with E-state index in [1.165, 1.54) is 12.1 Å². The first-order valence-corrected chi connectivity index (χ1v) is 7.26. The second kappa shape index (κ2) is 7.22. The molecule has 2 atom stereocenters. The average Bonchev–Trinajstić information content (AvgIpc) is 2.99. The van der Waals surface area contributed by atoms with Gasteiger partial charge in [0.2, 0.25) is 5.91 Å². The molecule has 5 heteroatoms. The Balaban J connectivity index is 1.91. The fourth-order valence-electron chi connectivity index (χ4n) is 2.15. The number of rotatable bonds is 6. The third-order valence-electron chi connectivity index (χ3n) is 3.75. The lowest BCUT2D eigenvalue weighted by Gasteiger charge is -2.25. The topological polar surface area (TPSA) is 45.5 Å². The summed E-state index contributed by atoms with van der Waals surface area (Å²) < 4.78 is 18.2. The van der Waals surface area contributed by atoms with E-state index in [4.69, 9.17) is 4.42 Å². The van der Waals surface area contributed by atoms with Crippen LogP contribution in [-0.4, -0.2) is 23.9 Å². The molecule has 1 aromatic carbocycles. The number of nitrogens with zero attached hydrogens (tertiary/aromatic N) is 1. The average molecular weight is 304 g/mol. The van der Waals surface area contributed by atoms with E-state index in [-0.39, 0.29) is 23.8 Å². The third-order valence-corrected chi connectivity index (χ3v) is 3.75. The number of carbonyl (C=O) groups excluding carboxylic acids is 1. The van der Waals surface area contributed by atoms with Crippen LogP contribution in [0.2, 0.25) is 0 Å². The Kier molecular flexibility index (Phi) is 5.33. The zero-order chi connectivity index (χ0) is 16.1. The molecule has 0 fully saturated rings. The van der Waals surface area contributed by atoms with Crippen LogP contribution in [0.4, 0.5) is 4.39 Å². The zero-order valence-corrected chi connectivity index (χ0v) is 13.0. The van der Waals surface area contributed by atoms with Crippen molar-refractivity contribution < 1.29 is 13.6 Å². The quantitative estimate of drug-likeness (QED) is 0.892. The van der Waals surface area contributed by atoms with E-state index < -0.39 is 0 Å². The Hall–Kier alpha value is -2.14. The molecule has 0 aliphatic heterocycles. The Morgan fingerprint density at radius 2 is 1.95 bits per heavy atom. The molecule has 0 saturated carbocycles. The van der Waals surface area contributed by atoms with Gasteiger partial charge in [-0.25, -0.2) is 4.39 Å². The summed E-state index contributed by atoms with van der Waals surface area (Å²) in [5.74, 6) is 0.452. The minimum Gasteiger partial charge on any atom is -0.468 e. The maximum Gasteiger partial charge on any atom is 0.237 e. The number of amides is 1. The van der Waals surface area contributed by atoms with E-state index >= 15 is 0 Å². The van der Waals surface area contributed by atoms with Gasteiger partial charge in [0.25, 0.3) is 0 Å². The van der Waals surface area contributed by atoms with E-state index in [1.54, 1.807) is 18.4 Å². The summed E-state index contributed by atoms with van der Waals surface area (Å²) in [6.07, 6.45) is 1.62. The van der Waals surface area contributed by atoms with Gasteiger partial charge in [-0.2, -0.15) is 0 Å². The number of furan rings is 1.